The maximum absolute atomic E-state index is 13.0. The highest BCUT2D eigenvalue weighted by Crippen LogP contribution is 2.19. The Kier molecular flexibility index (Phi) is 6.38. The third kappa shape index (κ3) is 5.17. The molecule has 1 N–H and O–H groups in total. The smallest absolute Gasteiger partial charge is 0.250 e. The van der Waals surface area contributed by atoms with Crippen molar-refractivity contribution in [2.75, 3.05) is 12.4 Å². The van der Waals surface area contributed by atoms with Crippen molar-refractivity contribution in [1.82, 2.24) is 14.8 Å². The van der Waals surface area contributed by atoms with Gasteiger partial charge in [0.2, 0.25) is 11.9 Å². The normalized spacial score (nSPS) is 10.6. The van der Waals surface area contributed by atoms with E-state index in [1.165, 1.54) is 4.68 Å². The minimum absolute atomic E-state index is 0.101. The number of benzene rings is 3. The maximum Gasteiger partial charge on any atom is 0.250 e. The highest BCUT2D eigenvalue weighted by atomic mass is 16.5. The van der Waals surface area contributed by atoms with Crippen LogP contribution < -0.4 is 10.1 Å². The summed E-state index contributed by atoms with van der Waals surface area (Å²) in [5.41, 5.74) is 3.03. The molecule has 6 nitrogen and oxygen atoms in total. The van der Waals surface area contributed by atoms with Crippen molar-refractivity contribution in [1.29, 1.82) is 0 Å². The molecule has 0 spiro atoms. The van der Waals surface area contributed by atoms with Crippen LogP contribution in [0.2, 0.25) is 0 Å². The van der Waals surface area contributed by atoms with Crippen LogP contribution in [0.15, 0.2) is 84.9 Å². The monoisotopic (exact) mass is 412 g/mol. The molecule has 4 rings (SSSR count). The standard InChI is InChI=1S/C25H24N4O2/c1-31-22-15-12-20(13-16-22)18-26-25-27-24(21-10-6-3-7-11-21)28-29(25)23(30)17-14-19-8-4-2-5-9-19/h2-13,15-16H,14,17-18H2,1H3,(H,26,27,28). The lowest BCUT2D eigenvalue weighted by Crippen LogP contribution is -2.17. The third-order valence-electron chi connectivity index (χ3n) is 4.96. The van der Waals surface area contributed by atoms with Crippen LogP contribution in [0.3, 0.4) is 0 Å². The molecule has 1 aromatic heterocycles. The molecule has 31 heavy (non-hydrogen) atoms. The number of anilines is 1. The van der Waals surface area contributed by atoms with Crippen molar-refractivity contribution >= 4 is 11.9 Å². The molecule has 3 aromatic carbocycles. The summed E-state index contributed by atoms with van der Waals surface area (Å²) < 4.78 is 6.59. The zero-order valence-electron chi connectivity index (χ0n) is 17.4. The number of hydrogen-bond acceptors (Lipinski definition) is 5. The predicted octanol–water partition coefficient (Wildman–Crippen LogP) is 4.84. The summed E-state index contributed by atoms with van der Waals surface area (Å²) in [6.45, 7) is 0.517. The number of methoxy groups -OCH3 is 1. The summed E-state index contributed by atoms with van der Waals surface area (Å²) in [4.78, 5) is 17.6. The van der Waals surface area contributed by atoms with Gasteiger partial charge in [0, 0.05) is 18.5 Å². The Hall–Kier alpha value is -3.93. The van der Waals surface area contributed by atoms with Gasteiger partial charge in [-0.05, 0) is 29.7 Å². The van der Waals surface area contributed by atoms with Gasteiger partial charge in [0.1, 0.15) is 5.75 Å². The molecule has 0 radical (unpaired) electrons. The lowest BCUT2D eigenvalue weighted by molar-refractivity contribution is 0.0890. The third-order valence-corrected chi connectivity index (χ3v) is 4.96. The van der Waals surface area contributed by atoms with Gasteiger partial charge < -0.3 is 10.1 Å². The van der Waals surface area contributed by atoms with Crippen LogP contribution in [-0.2, 0) is 13.0 Å². The lowest BCUT2D eigenvalue weighted by atomic mass is 10.1. The predicted molar refractivity (Wildman–Crippen MR) is 121 cm³/mol. The number of carbonyl (C=O) groups excluding carboxylic acids is 1. The Morgan fingerprint density at radius 2 is 1.58 bits per heavy atom. The molecule has 0 aliphatic carbocycles. The van der Waals surface area contributed by atoms with Gasteiger partial charge in [-0.15, -0.1) is 5.10 Å². The first-order valence-corrected chi connectivity index (χ1v) is 10.2. The number of rotatable bonds is 8. The SMILES string of the molecule is COc1ccc(CNc2nc(-c3ccccc3)nn2C(=O)CCc2ccccc2)cc1. The Labute approximate surface area is 181 Å². The summed E-state index contributed by atoms with van der Waals surface area (Å²) in [6, 6.07) is 27.4. The summed E-state index contributed by atoms with van der Waals surface area (Å²) in [6.07, 6.45) is 0.997. The minimum Gasteiger partial charge on any atom is -0.497 e. The van der Waals surface area contributed by atoms with E-state index in [0.717, 1.165) is 22.4 Å². The maximum atomic E-state index is 13.0. The van der Waals surface area contributed by atoms with Gasteiger partial charge in [0.15, 0.2) is 5.82 Å². The molecule has 0 saturated carbocycles. The van der Waals surface area contributed by atoms with E-state index in [4.69, 9.17) is 4.74 Å². The molecule has 1 heterocycles. The molecule has 0 bridgehead atoms. The second-order valence-corrected chi connectivity index (χ2v) is 7.12. The number of hydrogen-bond donors (Lipinski definition) is 1. The molecule has 0 amide bonds. The van der Waals surface area contributed by atoms with Crippen LogP contribution >= 0.6 is 0 Å². The van der Waals surface area contributed by atoms with Crippen LogP contribution in [0.5, 0.6) is 5.75 Å². The molecule has 0 aliphatic heterocycles. The van der Waals surface area contributed by atoms with Crippen LogP contribution in [-0.4, -0.2) is 27.8 Å². The fourth-order valence-corrected chi connectivity index (χ4v) is 3.24. The molecular formula is C25H24N4O2. The van der Waals surface area contributed by atoms with E-state index in [2.05, 4.69) is 15.4 Å². The average molecular weight is 412 g/mol. The Bertz CT molecular complexity index is 1120. The Morgan fingerprint density at radius 3 is 2.26 bits per heavy atom. The first-order chi connectivity index (χ1) is 15.2. The van der Waals surface area contributed by atoms with Crippen molar-refractivity contribution in [3.8, 4) is 17.1 Å². The average Bonchev–Trinajstić information content (AvgIpc) is 3.27. The quantitative estimate of drug-likeness (QED) is 0.449. The van der Waals surface area contributed by atoms with Crippen molar-refractivity contribution in [3.05, 3.63) is 96.1 Å². The first-order valence-electron chi connectivity index (χ1n) is 10.2. The molecule has 0 aliphatic rings. The second kappa shape index (κ2) is 9.71. The van der Waals surface area contributed by atoms with E-state index in [-0.39, 0.29) is 5.91 Å². The number of aryl methyl sites for hydroxylation is 1. The Morgan fingerprint density at radius 1 is 0.903 bits per heavy atom. The van der Waals surface area contributed by atoms with E-state index in [1.807, 2.05) is 84.9 Å². The van der Waals surface area contributed by atoms with Gasteiger partial charge in [-0.3, -0.25) is 4.79 Å². The zero-order chi connectivity index (χ0) is 21.5. The van der Waals surface area contributed by atoms with E-state index in [1.54, 1.807) is 7.11 Å². The molecule has 4 aromatic rings. The fourth-order valence-electron chi connectivity index (χ4n) is 3.24. The van der Waals surface area contributed by atoms with Gasteiger partial charge in [-0.2, -0.15) is 9.67 Å². The number of aromatic nitrogens is 3. The lowest BCUT2D eigenvalue weighted by Gasteiger charge is -2.08. The number of ether oxygens (including phenoxy) is 1. The first kappa shape index (κ1) is 20.3. The van der Waals surface area contributed by atoms with E-state index in [0.29, 0.717) is 31.2 Å². The largest absolute Gasteiger partial charge is 0.497 e. The number of nitrogens with zero attached hydrogens (tertiary/aromatic N) is 3. The minimum atomic E-state index is -0.101. The fraction of sp³-hybridized carbons (Fsp3) is 0.160. The van der Waals surface area contributed by atoms with Crippen molar-refractivity contribution in [2.45, 2.75) is 19.4 Å². The molecule has 0 atom stereocenters. The van der Waals surface area contributed by atoms with Crippen LogP contribution in [0.25, 0.3) is 11.4 Å². The molecule has 0 fully saturated rings. The Balaban J connectivity index is 1.54. The van der Waals surface area contributed by atoms with Crippen molar-refractivity contribution in [2.24, 2.45) is 0 Å². The van der Waals surface area contributed by atoms with E-state index < -0.39 is 0 Å². The highest BCUT2D eigenvalue weighted by Gasteiger charge is 2.17. The van der Waals surface area contributed by atoms with E-state index in [9.17, 15) is 4.79 Å². The zero-order valence-corrected chi connectivity index (χ0v) is 17.4. The number of nitrogens with one attached hydrogen (secondary N) is 1. The van der Waals surface area contributed by atoms with Gasteiger partial charge in [0.05, 0.1) is 7.11 Å². The molecule has 156 valence electrons. The summed E-state index contributed by atoms with van der Waals surface area (Å²) in [5.74, 6) is 1.66. The van der Waals surface area contributed by atoms with Gasteiger partial charge in [-0.25, -0.2) is 0 Å². The van der Waals surface area contributed by atoms with Gasteiger partial charge >= 0.3 is 0 Å². The van der Waals surface area contributed by atoms with Gasteiger partial charge in [-0.1, -0.05) is 72.8 Å². The van der Waals surface area contributed by atoms with Crippen LogP contribution in [0.1, 0.15) is 22.3 Å². The highest BCUT2D eigenvalue weighted by molar-refractivity contribution is 5.81. The number of carbonyl (C=O) groups is 1. The molecule has 0 saturated heterocycles. The van der Waals surface area contributed by atoms with Crippen molar-refractivity contribution in [3.63, 3.8) is 0 Å². The molecule has 0 unspecified atom stereocenters. The molecular weight excluding hydrogens is 388 g/mol. The summed E-state index contributed by atoms with van der Waals surface area (Å²) in [5, 5.41) is 7.77. The van der Waals surface area contributed by atoms with Crippen LogP contribution in [0, 0.1) is 0 Å². The van der Waals surface area contributed by atoms with Crippen LogP contribution in [0.4, 0.5) is 5.95 Å². The topological polar surface area (TPSA) is 69.0 Å². The summed E-state index contributed by atoms with van der Waals surface area (Å²) >= 11 is 0. The second-order valence-electron chi connectivity index (χ2n) is 7.12. The van der Waals surface area contributed by atoms with Crippen molar-refractivity contribution < 1.29 is 9.53 Å². The molecule has 6 heteroatoms. The summed E-state index contributed by atoms with van der Waals surface area (Å²) in [7, 11) is 1.64. The van der Waals surface area contributed by atoms with Gasteiger partial charge in [0.25, 0.3) is 0 Å². The van der Waals surface area contributed by atoms with E-state index >= 15 is 0 Å².